The summed E-state index contributed by atoms with van der Waals surface area (Å²) >= 11 is 0. The smallest absolute Gasteiger partial charge is 0.0207 e. The van der Waals surface area contributed by atoms with Gasteiger partial charge in [0.15, 0.2) is 0 Å². The summed E-state index contributed by atoms with van der Waals surface area (Å²) in [5, 5.41) is 3.42. The van der Waals surface area contributed by atoms with Crippen LogP contribution in [0.4, 0.5) is 0 Å². The largest absolute Gasteiger partial charge is 0.310 e. The van der Waals surface area contributed by atoms with Crippen LogP contribution in [0, 0.1) is 5.92 Å². The van der Waals surface area contributed by atoms with Crippen molar-refractivity contribution in [2.75, 3.05) is 0 Å². The molecule has 0 aliphatic carbocycles. The predicted molar refractivity (Wildman–Crippen MR) is 67.0 cm³/mol. The van der Waals surface area contributed by atoms with E-state index in [9.17, 15) is 0 Å². The van der Waals surface area contributed by atoms with Gasteiger partial charge in [-0.2, -0.15) is 0 Å². The van der Waals surface area contributed by atoms with Gasteiger partial charge in [-0.15, -0.1) is 0 Å². The van der Waals surface area contributed by atoms with E-state index in [1.807, 2.05) is 0 Å². The molecule has 0 radical (unpaired) electrons. The fourth-order valence-electron chi connectivity index (χ4n) is 1.59. The van der Waals surface area contributed by atoms with E-state index < -0.39 is 0 Å². The second-order valence-electron chi connectivity index (χ2n) is 4.95. The highest BCUT2D eigenvalue weighted by atomic mass is 14.9. The molecule has 15 heavy (non-hydrogen) atoms. The first-order valence-corrected chi connectivity index (χ1v) is 5.89. The Balaban J connectivity index is 2.49. The molecule has 0 bridgehead atoms. The molecule has 0 aliphatic heterocycles. The number of hydrogen-bond donors (Lipinski definition) is 1. The van der Waals surface area contributed by atoms with Gasteiger partial charge in [0.1, 0.15) is 0 Å². The third kappa shape index (κ3) is 4.98. The lowest BCUT2D eigenvalue weighted by molar-refractivity contribution is 0.588. The van der Waals surface area contributed by atoms with E-state index in [0.717, 1.165) is 12.5 Å². The van der Waals surface area contributed by atoms with Crippen molar-refractivity contribution in [3.05, 3.63) is 35.4 Å². The van der Waals surface area contributed by atoms with Gasteiger partial charge >= 0.3 is 0 Å². The molecule has 84 valence electrons. The minimum Gasteiger partial charge on any atom is -0.310 e. The summed E-state index contributed by atoms with van der Waals surface area (Å²) in [7, 11) is 0. The Morgan fingerprint density at radius 1 is 0.933 bits per heavy atom. The quantitative estimate of drug-likeness (QED) is 0.777. The van der Waals surface area contributed by atoms with Crippen LogP contribution in [-0.2, 0) is 13.0 Å². The molecule has 0 unspecified atom stereocenters. The van der Waals surface area contributed by atoms with Gasteiger partial charge in [0.2, 0.25) is 0 Å². The summed E-state index contributed by atoms with van der Waals surface area (Å²) < 4.78 is 0. The maximum Gasteiger partial charge on any atom is 0.0207 e. The van der Waals surface area contributed by atoms with Gasteiger partial charge in [0, 0.05) is 12.6 Å². The number of hydrogen-bond acceptors (Lipinski definition) is 1. The lowest BCUT2D eigenvalue weighted by Gasteiger charge is -2.09. The Morgan fingerprint density at radius 3 is 1.93 bits per heavy atom. The molecule has 0 fully saturated rings. The van der Waals surface area contributed by atoms with E-state index >= 15 is 0 Å². The van der Waals surface area contributed by atoms with Gasteiger partial charge in [-0.05, 0) is 23.5 Å². The molecule has 1 N–H and O–H groups in total. The van der Waals surface area contributed by atoms with E-state index in [-0.39, 0.29) is 0 Å². The Bertz CT molecular complexity index is 272. The van der Waals surface area contributed by atoms with E-state index in [1.54, 1.807) is 0 Å². The third-order valence-corrected chi connectivity index (χ3v) is 2.38. The number of rotatable bonds is 5. The molecule has 0 aromatic heterocycles. The van der Waals surface area contributed by atoms with Crippen molar-refractivity contribution in [2.24, 2.45) is 5.92 Å². The lowest BCUT2D eigenvalue weighted by atomic mass is 10.0. The monoisotopic (exact) mass is 205 g/mol. The van der Waals surface area contributed by atoms with Crippen molar-refractivity contribution in [1.82, 2.24) is 5.32 Å². The maximum atomic E-state index is 3.42. The molecule has 0 aliphatic rings. The molecule has 1 heteroatoms. The summed E-state index contributed by atoms with van der Waals surface area (Å²) in [6, 6.07) is 9.51. The normalized spacial score (nSPS) is 11.3. The topological polar surface area (TPSA) is 12.0 Å². The van der Waals surface area contributed by atoms with E-state index in [1.165, 1.54) is 17.5 Å². The summed E-state index contributed by atoms with van der Waals surface area (Å²) in [5.41, 5.74) is 2.81. The van der Waals surface area contributed by atoms with Crippen LogP contribution < -0.4 is 5.32 Å². The highest BCUT2D eigenvalue weighted by Gasteiger charge is 1.98. The van der Waals surface area contributed by atoms with Crippen LogP contribution in [0.3, 0.4) is 0 Å². The van der Waals surface area contributed by atoms with Gasteiger partial charge in [-0.25, -0.2) is 0 Å². The first kappa shape index (κ1) is 12.3. The molecule has 0 saturated heterocycles. The molecule has 0 amide bonds. The summed E-state index contributed by atoms with van der Waals surface area (Å²) in [4.78, 5) is 0. The van der Waals surface area contributed by atoms with E-state index in [0.29, 0.717) is 6.04 Å². The molecule has 1 aromatic rings. The zero-order chi connectivity index (χ0) is 11.3. The molecular weight excluding hydrogens is 182 g/mol. The van der Waals surface area contributed by atoms with E-state index in [2.05, 4.69) is 57.3 Å². The Morgan fingerprint density at radius 2 is 1.47 bits per heavy atom. The molecule has 0 spiro atoms. The van der Waals surface area contributed by atoms with Crippen LogP contribution in [0.2, 0.25) is 0 Å². The average Bonchev–Trinajstić information content (AvgIpc) is 2.16. The first-order valence-electron chi connectivity index (χ1n) is 5.89. The molecule has 0 heterocycles. The Kier molecular flexibility index (Phi) is 4.83. The van der Waals surface area contributed by atoms with Crippen LogP contribution in [0.25, 0.3) is 0 Å². The molecule has 1 nitrogen and oxygen atoms in total. The zero-order valence-corrected chi connectivity index (χ0v) is 10.4. The van der Waals surface area contributed by atoms with Crippen molar-refractivity contribution < 1.29 is 0 Å². The van der Waals surface area contributed by atoms with Gasteiger partial charge < -0.3 is 5.32 Å². The second kappa shape index (κ2) is 5.92. The van der Waals surface area contributed by atoms with Gasteiger partial charge in [0.05, 0.1) is 0 Å². The SMILES string of the molecule is CC(C)Cc1ccc(CNC(C)C)cc1. The summed E-state index contributed by atoms with van der Waals surface area (Å²) in [6.07, 6.45) is 1.18. The van der Waals surface area contributed by atoms with Gasteiger partial charge in [-0.3, -0.25) is 0 Å². The van der Waals surface area contributed by atoms with Crippen molar-refractivity contribution in [3.8, 4) is 0 Å². The maximum absolute atomic E-state index is 3.42. The van der Waals surface area contributed by atoms with Crippen molar-refractivity contribution in [1.29, 1.82) is 0 Å². The third-order valence-electron chi connectivity index (χ3n) is 2.38. The average molecular weight is 205 g/mol. The van der Waals surface area contributed by atoms with Crippen LogP contribution in [-0.4, -0.2) is 6.04 Å². The van der Waals surface area contributed by atoms with Crippen LogP contribution in [0.15, 0.2) is 24.3 Å². The number of nitrogens with one attached hydrogen (secondary N) is 1. The van der Waals surface area contributed by atoms with E-state index in [4.69, 9.17) is 0 Å². The number of benzene rings is 1. The van der Waals surface area contributed by atoms with Crippen LogP contribution in [0.1, 0.15) is 38.8 Å². The van der Waals surface area contributed by atoms with Crippen molar-refractivity contribution in [2.45, 2.75) is 46.7 Å². The molecule has 1 rings (SSSR count). The second-order valence-corrected chi connectivity index (χ2v) is 4.95. The molecule has 1 aromatic carbocycles. The molecule has 0 atom stereocenters. The highest BCUT2D eigenvalue weighted by Crippen LogP contribution is 2.09. The molecule has 0 saturated carbocycles. The highest BCUT2D eigenvalue weighted by molar-refractivity contribution is 5.22. The van der Waals surface area contributed by atoms with Gasteiger partial charge in [-0.1, -0.05) is 52.0 Å². The fraction of sp³-hybridized carbons (Fsp3) is 0.571. The summed E-state index contributed by atoms with van der Waals surface area (Å²) in [5.74, 6) is 0.740. The van der Waals surface area contributed by atoms with Gasteiger partial charge in [0.25, 0.3) is 0 Å². The Labute approximate surface area is 93.9 Å². The van der Waals surface area contributed by atoms with Crippen molar-refractivity contribution >= 4 is 0 Å². The summed E-state index contributed by atoms with van der Waals surface area (Å²) in [6.45, 7) is 9.84. The first-order chi connectivity index (χ1) is 7.08. The van der Waals surface area contributed by atoms with Crippen molar-refractivity contribution in [3.63, 3.8) is 0 Å². The Hall–Kier alpha value is -0.820. The van der Waals surface area contributed by atoms with Crippen LogP contribution in [0.5, 0.6) is 0 Å². The zero-order valence-electron chi connectivity index (χ0n) is 10.4. The fourth-order valence-corrected chi connectivity index (χ4v) is 1.59. The van der Waals surface area contributed by atoms with Crippen LogP contribution >= 0.6 is 0 Å². The predicted octanol–water partition coefficient (Wildman–Crippen LogP) is 3.38. The standard InChI is InChI=1S/C14H23N/c1-11(2)9-13-5-7-14(8-6-13)10-15-12(3)4/h5-8,11-12,15H,9-10H2,1-4H3. The minimum absolute atomic E-state index is 0.556. The lowest BCUT2D eigenvalue weighted by Crippen LogP contribution is -2.21. The minimum atomic E-state index is 0.556. The molecular formula is C14H23N.